The number of aliphatic hydroxyl groups excluding tert-OH is 1. The minimum Gasteiger partial charge on any atom is -0.492 e. The third kappa shape index (κ3) is 5.25. The van der Waals surface area contributed by atoms with Crippen molar-refractivity contribution in [3.8, 4) is 5.75 Å². The van der Waals surface area contributed by atoms with Gasteiger partial charge in [0.1, 0.15) is 5.75 Å². The maximum atomic E-state index is 8.93. The SMILES string of the molecule is CCCNCc1ccc(OCC(C)CO)c(Cl)c1. The van der Waals surface area contributed by atoms with Crippen molar-refractivity contribution >= 4 is 11.6 Å². The summed E-state index contributed by atoms with van der Waals surface area (Å²) in [5, 5.41) is 12.9. The maximum Gasteiger partial charge on any atom is 0.137 e. The highest BCUT2D eigenvalue weighted by Crippen LogP contribution is 2.25. The molecule has 0 spiro atoms. The molecule has 0 aliphatic rings. The molecule has 18 heavy (non-hydrogen) atoms. The summed E-state index contributed by atoms with van der Waals surface area (Å²) in [4.78, 5) is 0. The van der Waals surface area contributed by atoms with E-state index in [4.69, 9.17) is 21.4 Å². The van der Waals surface area contributed by atoms with Crippen LogP contribution in [0, 0.1) is 5.92 Å². The Balaban J connectivity index is 2.51. The van der Waals surface area contributed by atoms with E-state index in [1.54, 1.807) is 0 Å². The summed E-state index contributed by atoms with van der Waals surface area (Å²) >= 11 is 6.15. The second-order valence-corrected chi connectivity index (χ2v) is 4.95. The van der Waals surface area contributed by atoms with E-state index in [0.717, 1.165) is 25.1 Å². The van der Waals surface area contributed by atoms with Gasteiger partial charge in [-0.3, -0.25) is 0 Å². The predicted octanol–water partition coefficient (Wildman–Crippen LogP) is 2.85. The van der Waals surface area contributed by atoms with Crippen molar-refractivity contribution in [3.05, 3.63) is 28.8 Å². The lowest BCUT2D eigenvalue weighted by Gasteiger charge is -2.12. The molecule has 0 saturated carbocycles. The van der Waals surface area contributed by atoms with E-state index in [1.807, 2.05) is 25.1 Å². The van der Waals surface area contributed by atoms with Gasteiger partial charge in [-0.1, -0.05) is 31.5 Å². The summed E-state index contributed by atoms with van der Waals surface area (Å²) in [6, 6.07) is 5.81. The van der Waals surface area contributed by atoms with E-state index in [-0.39, 0.29) is 12.5 Å². The first-order valence-electron chi connectivity index (χ1n) is 6.40. The maximum absolute atomic E-state index is 8.93. The molecular formula is C14H22ClNO2. The molecule has 0 saturated heterocycles. The summed E-state index contributed by atoms with van der Waals surface area (Å²) in [7, 11) is 0. The molecule has 1 aromatic rings. The lowest BCUT2D eigenvalue weighted by atomic mass is 10.2. The third-order valence-corrected chi connectivity index (χ3v) is 2.88. The Morgan fingerprint density at radius 1 is 1.44 bits per heavy atom. The molecule has 0 aliphatic heterocycles. The third-order valence-electron chi connectivity index (χ3n) is 2.59. The van der Waals surface area contributed by atoms with Crippen LogP contribution in [-0.4, -0.2) is 24.9 Å². The first kappa shape index (κ1) is 15.3. The van der Waals surface area contributed by atoms with E-state index in [2.05, 4.69) is 12.2 Å². The molecule has 1 rings (SSSR count). The summed E-state index contributed by atoms with van der Waals surface area (Å²) in [6.45, 7) is 6.49. The van der Waals surface area contributed by atoms with Crippen LogP contribution in [0.4, 0.5) is 0 Å². The van der Waals surface area contributed by atoms with Crippen LogP contribution in [-0.2, 0) is 6.54 Å². The van der Waals surface area contributed by atoms with Crippen LogP contribution in [0.5, 0.6) is 5.75 Å². The van der Waals surface area contributed by atoms with Gasteiger partial charge in [0.2, 0.25) is 0 Å². The molecule has 0 heterocycles. The minimum atomic E-state index is 0.118. The molecule has 1 aromatic carbocycles. The number of ether oxygens (including phenoxy) is 1. The highest BCUT2D eigenvalue weighted by atomic mass is 35.5. The number of hydrogen-bond acceptors (Lipinski definition) is 3. The fraction of sp³-hybridized carbons (Fsp3) is 0.571. The number of benzene rings is 1. The zero-order valence-electron chi connectivity index (χ0n) is 11.1. The van der Waals surface area contributed by atoms with Gasteiger partial charge >= 0.3 is 0 Å². The molecule has 4 heteroatoms. The van der Waals surface area contributed by atoms with E-state index in [1.165, 1.54) is 0 Å². The van der Waals surface area contributed by atoms with Crippen LogP contribution in [0.15, 0.2) is 18.2 Å². The molecule has 0 radical (unpaired) electrons. The van der Waals surface area contributed by atoms with Crippen molar-refractivity contribution in [3.63, 3.8) is 0 Å². The molecule has 3 nitrogen and oxygen atoms in total. The number of halogens is 1. The number of nitrogens with one attached hydrogen (secondary N) is 1. The minimum absolute atomic E-state index is 0.118. The highest BCUT2D eigenvalue weighted by Gasteiger charge is 2.06. The standard InChI is InChI=1S/C14H22ClNO2/c1-3-6-16-8-12-4-5-14(13(15)7-12)18-10-11(2)9-17/h4-5,7,11,16-17H,3,6,8-10H2,1-2H3. The quantitative estimate of drug-likeness (QED) is 0.715. The summed E-state index contributed by atoms with van der Waals surface area (Å²) in [6.07, 6.45) is 1.12. The lowest BCUT2D eigenvalue weighted by Crippen LogP contribution is -2.14. The number of aliphatic hydroxyl groups is 1. The van der Waals surface area contributed by atoms with Crippen LogP contribution in [0.25, 0.3) is 0 Å². The predicted molar refractivity (Wildman–Crippen MR) is 75.2 cm³/mol. The summed E-state index contributed by atoms with van der Waals surface area (Å²) in [5.41, 5.74) is 1.15. The van der Waals surface area contributed by atoms with Gasteiger partial charge in [0.25, 0.3) is 0 Å². The Kier molecular flexibility index (Phi) is 7.09. The highest BCUT2D eigenvalue weighted by molar-refractivity contribution is 6.32. The Labute approximate surface area is 114 Å². The van der Waals surface area contributed by atoms with E-state index < -0.39 is 0 Å². The second-order valence-electron chi connectivity index (χ2n) is 4.54. The average molecular weight is 272 g/mol. The van der Waals surface area contributed by atoms with Gasteiger partial charge in [0.15, 0.2) is 0 Å². The van der Waals surface area contributed by atoms with Gasteiger partial charge in [-0.05, 0) is 30.7 Å². The molecule has 102 valence electrons. The lowest BCUT2D eigenvalue weighted by molar-refractivity contribution is 0.174. The van der Waals surface area contributed by atoms with Gasteiger partial charge in [0, 0.05) is 19.1 Å². The van der Waals surface area contributed by atoms with Crippen molar-refractivity contribution in [1.82, 2.24) is 5.32 Å². The topological polar surface area (TPSA) is 41.5 Å². The molecule has 0 amide bonds. The van der Waals surface area contributed by atoms with Crippen molar-refractivity contribution in [1.29, 1.82) is 0 Å². The zero-order chi connectivity index (χ0) is 13.4. The van der Waals surface area contributed by atoms with Crippen molar-refractivity contribution < 1.29 is 9.84 Å². The molecule has 0 fully saturated rings. The van der Waals surface area contributed by atoms with E-state index >= 15 is 0 Å². The average Bonchev–Trinajstić information content (AvgIpc) is 2.37. The Morgan fingerprint density at radius 3 is 2.83 bits per heavy atom. The van der Waals surface area contributed by atoms with Crippen LogP contribution in [0.3, 0.4) is 0 Å². The molecule has 0 bridgehead atoms. The molecule has 0 aliphatic carbocycles. The van der Waals surface area contributed by atoms with Gasteiger partial charge < -0.3 is 15.2 Å². The first-order chi connectivity index (χ1) is 8.67. The van der Waals surface area contributed by atoms with E-state index in [0.29, 0.717) is 17.4 Å². The van der Waals surface area contributed by atoms with Crippen LogP contribution in [0.2, 0.25) is 5.02 Å². The van der Waals surface area contributed by atoms with E-state index in [9.17, 15) is 0 Å². The Bertz CT molecular complexity index is 358. The number of hydrogen-bond donors (Lipinski definition) is 2. The normalized spacial score (nSPS) is 12.4. The van der Waals surface area contributed by atoms with Crippen LogP contribution in [0.1, 0.15) is 25.8 Å². The first-order valence-corrected chi connectivity index (χ1v) is 6.78. The van der Waals surface area contributed by atoms with Gasteiger partial charge in [-0.15, -0.1) is 0 Å². The molecule has 1 unspecified atom stereocenters. The zero-order valence-corrected chi connectivity index (χ0v) is 11.8. The van der Waals surface area contributed by atoms with Gasteiger partial charge in [0.05, 0.1) is 11.6 Å². The van der Waals surface area contributed by atoms with Crippen molar-refractivity contribution in [2.75, 3.05) is 19.8 Å². The van der Waals surface area contributed by atoms with Crippen molar-refractivity contribution in [2.24, 2.45) is 5.92 Å². The molecule has 2 N–H and O–H groups in total. The fourth-order valence-electron chi connectivity index (χ4n) is 1.47. The Morgan fingerprint density at radius 2 is 2.22 bits per heavy atom. The second kappa shape index (κ2) is 8.35. The smallest absolute Gasteiger partial charge is 0.137 e. The van der Waals surface area contributed by atoms with Gasteiger partial charge in [-0.2, -0.15) is 0 Å². The molecular weight excluding hydrogens is 250 g/mol. The van der Waals surface area contributed by atoms with Crippen LogP contribution < -0.4 is 10.1 Å². The van der Waals surface area contributed by atoms with Gasteiger partial charge in [-0.25, -0.2) is 0 Å². The Hall–Kier alpha value is -0.770. The molecule has 0 aromatic heterocycles. The summed E-state index contributed by atoms with van der Waals surface area (Å²) < 4.78 is 5.56. The number of rotatable bonds is 8. The van der Waals surface area contributed by atoms with Crippen molar-refractivity contribution in [2.45, 2.75) is 26.8 Å². The fourth-order valence-corrected chi connectivity index (χ4v) is 1.72. The summed E-state index contributed by atoms with van der Waals surface area (Å²) in [5.74, 6) is 0.795. The molecule has 1 atom stereocenters. The largest absolute Gasteiger partial charge is 0.492 e. The monoisotopic (exact) mass is 271 g/mol. The van der Waals surface area contributed by atoms with Crippen LogP contribution >= 0.6 is 11.6 Å².